The molecule has 5 aliphatic rings. The zero-order valence-corrected chi connectivity index (χ0v) is 29.5. The molecule has 0 amide bonds. The summed E-state index contributed by atoms with van der Waals surface area (Å²) in [4.78, 5) is 0. The first-order valence-corrected chi connectivity index (χ1v) is 19.9. The van der Waals surface area contributed by atoms with Crippen LogP contribution in [0.5, 0.6) is 0 Å². The summed E-state index contributed by atoms with van der Waals surface area (Å²) in [7, 11) is 0. The maximum Gasteiger partial charge on any atom is 0.0142 e. The standard InChI is InChI=1S/C47H56N2/c1-31-17-19-35(20-18-31)47-39-24-23-38(30-39)46(34-15-9-4-10-16-34)41-26-25-40(48-41)44(32-11-5-2-6-12-32)36-21-22-37(29-36)45(33-13-7-3-8-14-33)42-27-28-43(47)49-42/h2-20,36-49H,21-30H2,1H3. The number of aryl methyl sites for hydroxylation is 1. The Morgan fingerprint density at radius 1 is 0.347 bits per heavy atom. The third-order valence-electron chi connectivity index (χ3n) is 14.2. The Morgan fingerprint density at radius 2 is 0.633 bits per heavy atom. The zero-order chi connectivity index (χ0) is 32.7. The molecule has 0 aromatic heterocycles. The fraction of sp³-hybridized carbons (Fsp3) is 0.489. The van der Waals surface area contributed by atoms with Crippen LogP contribution in [0, 0.1) is 30.6 Å². The molecule has 3 saturated heterocycles. The maximum atomic E-state index is 4.45. The van der Waals surface area contributed by atoms with Gasteiger partial charge in [-0.2, -0.15) is 0 Å². The van der Waals surface area contributed by atoms with Gasteiger partial charge >= 0.3 is 0 Å². The van der Waals surface area contributed by atoms with Crippen molar-refractivity contribution in [3.05, 3.63) is 143 Å². The molecular weight excluding hydrogens is 593 g/mol. The average molecular weight is 649 g/mol. The molecule has 12 atom stereocenters. The molecule has 8 bridgehead atoms. The lowest BCUT2D eigenvalue weighted by atomic mass is 9.75. The number of rotatable bonds is 4. The number of nitrogens with one attached hydrogen (secondary N) is 2. The van der Waals surface area contributed by atoms with Gasteiger partial charge in [-0.1, -0.05) is 121 Å². The summed E-state index contributed by atoms with van der Waals surface area (Å²) in [6, 6.07) is 47.0. The number of benzene rings is 4. The summed E-state index contributed by atoms with van der Waals surface area (Å²) in [5.74, 6) is 5.25. The lowest BCUT2D eigenvalue weighted by molar-refractivity contribution is 0.271. The van der Waals surface area contributed by atoms with Gasteiger partial charge in [-0.25, -0.2) is 0 Å². The van der Waals surface area contributed by atoms with Crippen molar-refractivity contribution < 1.29 is 0 Å². The van der Waals surface area contributed by atoms with E-state index in [0.29, 0.717) is 47.8 Å². The maximum absolute atomic E-state index is 4.45. The number of hydrogen-bond donors (Lipinski definition) is 2. The van der Waals surface area contributed by atoms with Crippen LogP contribution in [-0.4, -0.2) is 24.2 Å². The van der Waals surface area contributed by atoms with Crippen molar-refractivity contribution in [3.8, 4) is 0 Å². The summed E-state index contributed by atoms with van der Waals surface area (Å²) in [5.41, 5.74) is 7.66. The van der Waals surface area contributed by atoms with Crippen LogP contribution in [0.15, 0.2) is 115 Å². The molecule has 2 N–H and O–H groups in total. The van der Waals surface area contributed by atoms with E-state index in [0.717, 1.165) is 23.7 Å². The molecule has 9 rings (SSSR count). The average Bonchev–Trinajstić information content (AvgIpc) is 3.98. The fourth-order valence-corrected chi connectivity index (χ4v) is 12.3. The van der Waals surface area contributed by atoms with E-state index in [4.69, 9.17) is 0 Å². The normalized spacial score (nSPS) is 37.3. The van der Waals surface area contributed by atoms with Crippen molar-refractivity contribution >= 4 is 0 Å². The molecule has 49 heavy (non-hydrogen) atoms. The van der Waals surface area contributed by atoms with Gasteiger partial charge in [0.25, 0.3) is 0 Å². The minimum Gasteiger partial charge on any atom is -0.310 e. The van der Waals surface area contributed by atoms with Crippen LogP contribution < -0.4 is 10.6 Å². The molecule has 3 aliphatic heterocycles. The fourth-order valence-electron chi connectivity index (χ4n) is 12.3. The second kappa shape index (κ2) is 13.8. The van der Waals surface area contributed by atoms with Crippen LogP contribution in [0.2, 0.25) is 0 Å². The zero-order valence-electron chi connectivity index (χ0n) is 29.5. The van der Waals surface area contributed by atoms with E-state index < -0.39 is 0 Å². The van der Waals surface area contributed by atoms with Crippen molar-refractivity contribution in [3.63, 3.8) is 0 Å². The van der Waals surface area contributed by atoms with Gasteiger partial charge < -0.3 is 10.6 Å². The first-order chi connectivity index (χ1) is 24.2. The molecule has 4 aromatic rings. The topological polar surface area (TPSA) is 24.1 Å². The van der Waals surface area contributed by atoms with Crippen molar-refractivity contribution in [2.24, 2.45) is 23.7 Å². The SMILES string of the molecule is Cc1ccc(C2C3CCC(C3)C(c3ccccc3)C3CCC(N3)C(c3ccccc3)C3CCC(C3)C(c3ccccc3)C3CCC2N3)cc1. The molecule has 2 saturated carbocycles. The number of fused-ring (bicyclic) bond motifs is 8. The van der Waals surface area contributed by atoms with E-state index in [1.54, 1.807) is 22.3 Å². The predicted octanol–water partition coefficient (Wildman–Crippen LogP) is 10.5. The second-order valence-corrected chi connectivity index (χ2v) is 16.8. The molecule has 4 aromatic carbocycles. The van der Waals surface area contributed by atoms with Crippen LogP contribution in [-0.2, 0) is 0 Å². The lowest BCUT2D eigenvalue weighted by Gasteiger charge is -2.37. The molecular formula is C47H56N2. The Kier molecular flexibility index (Phi) is 8.97. The Bertz CT molecular complexity index is 1570. The Morgan fingerprint density at radius 3 is 0.939 bits per heavy atom. The third-order valence-corrected chi connectivity index (χ3v) is 14.2. The summed E-state index contributed by atoms with van der Waals surface area (Å²) < 4.78 is 0. The van der Waals surface area contributed by atoms with E-state index in [-0.39, 0.29) is 0 Å². The van der Waals surface area contributed by atoms with Crippen molar-refractivity contribution in [1.29, 1.82) is 0 Å². The monoisotopic (exact) mass is 648 g/mol. The molecule has 5 fully saturated rings. The molecule has 2 aliphatic carbocycles. The highest BCUT2D eigenvalue weighted by Crippen LogP contribution is 2.54. The van der Waals surface area contributed by atoms with Crippen LogP contribution in [0.25, 0.3) is 0 Å². The van der Waals surface area contributed by atoms with Crippen LogP contribution in [0.3, 0.4) is 0 Å². The van der Waals surface area contributed by atoms with E-state index in [1.807, 2.05) is 0 Å². The Labute approximate surface area is 295 Å². The Hall–Kier alpha value is -3.20. The van der Waals surface area contributed by atoms with Gasteiger partial charge in [-0.15, -0.1) is 0 Å². The highest BCUT2D eigenvalue weighted by atomic mass is 15.0. The van der Waals surface area contributed by atoms with Gasteiger partial charge in [0.15, 0.2) is 0 Å². The van der Waals surface area contributed by atoms with Gasteiger partial charge in [-0.05, 0) is 117 Å². The van der Waals surface area contributed by atoms with E-state index >= 15 is 0 Å². The lowest BCUT2D eigenvalue weighted by Crippen LogP contribution is -2.42. The van der Waals surface area contributed by atoms with E-state index in [1.165, 1.54) is 69.8 Å². The van der Waals surface area contributed by atoms with E-state index in [2.05, 4.69) is 133 Å². The highest BCUT2D eigenvalue weighted by molar-refractivity contribution is 5.31. The second-order valence-electron chi connectivity index (χ2n) is 16.8. The van der Waals surface area contributed by atoms with Crippen molar-refractivity contribution in [1.82, 2.24) is 10.6 Å². The first-order valence-electron chi connectivity index (χ1n) is 19.9. The largest absolute Gasteiger partial charge is 0.310 e. The molecule has 12 unspecified atom stereocenters. The molecule has 0 radical (unpaired) electrons. The molecule has 2 nitrogen and oxygen atoms in total. The van der Waals surface area contributed by atoms with Crippen molar-refractivity contribution in [2.45, 2.75) is 119 Å². The van der Waals surface area contributed by atoms with Gasteiger partial charge in [0.1, 0.15) is 0 Å². The van der Waals surface area contributed by atoms with Gasteiger partial charge in [0.05, 0.1) is 0 Å². The van der Waals surface area contributed by atoms with Gasteiger partial charge in [0.2, 0.25) is 0 Å². The van der Waals surface area contributed by atoms with Gasteiger partial charge in [-0.3, -0.25) is 0 Å². The molecule has 254 valence electrons. The first kappa shape index (κ1) is 31.8. The number of hydrogen-bond acceptors (Lipinski definition) is 2. The van der Waals surface area contributed by atoms with E-state index in [9.17, 15) is 0 Å². The van der Waals surface area contributed by atoms with Crippen LogP contribution in [0.1, 0.15) is 116 Å². The highest BCUT2D eigenvalue weighted by Gasteiger charge is 2.49. The summed E-state index contributed by atoms with van der Waals surface area (Å²) in [5, 5.41) is 8.90. The Balaban J connectivity index is 1.13. The minimum atomic E-state index is 0.550. The minimum absolute atomic E-state index is 0.550. The summed E-state index contributed by atoms with van der Waals surface area (Å²) >= 11 is 0. The third kappa shape index (κ3) is 6.23. The predicted molar refractivity (Wildman–Crippen MR) is 203 cm³/mol. The van der Waals surface area contributed by atoms with Gasteiger partial charge in [0, 0.05) is 47.8 Å². The van der Waals surface area contributed by atoms with Crippen molar-refractivity contribution in [2.75, 3.05) is 0 Å². The molecule has 3 heterocycles. The molecule has 0 spiro atoms. The molecule has 2 heteroatoms. The summed E-state index contributed by atoms with van der Waals surface area (Å²) in [6.45, 7) is 2.24. The van der Waals surface area contributed by atoms with Crippen LogP contribution in [0.4, 0.5) is 0 Å². The smallest absolute Gasteiger partial charge is 0.0142 e. The summed E-state index contributed by atoms with van der Waals surface area (Å²) in [6.07, 6.45) is 13.3. The van der Waals surface area contributed by atoms with Crippen LogP contribution >= 0.6 is 0 Å². The quantitative estimate of drug-likeness (QED) is 0.230.